The Morgan fingerprint density at radius 2 is 2.19 bits per heavy atom. The SMILES string of the molecule is CC(C)c1nn(C)c(OCCC2CC2)c1N. The van der Waals surface area contributed by atoms with Crippen molar-refractivity contribution in [1.82, 2.24) is 9.78 Å². The molecule has 1 heterocycles. The Bertz CT molecular complexity index is 367. The van der Waals surface area contributed by atoms with Gasteiger partial charge in [0.25, 0.3) is 0 Å². The predicted octanol–water partition coefficient (Wildman–Crippen LogP) is 2.30. The lowest BCUT2D eigenvalue weighted by molar-refractivity contribution is 0.279. The topological polar surface area (TPSA) is 53.1 Å². The molecule has 0 aromatic carbocycles. The van der Waals surface area contributed by atoms with Crippen molar-refractivity contribution < 1.29 is 4.74 Å². The zero-order valence-electron chi connectivity index (χ0n) is 10.4. The summed E-state index contributed by atoms with van der Waals surface area (Å²) in [6.45, 7) is 4.94. The summed E-state index contributed by atoms with van der Waals surface area (Å²) in [5.41, 5.74) is 7.67. The summed E-state index contributed by atoms with van der Waals surface area (Å²) in [4.78, 5) is 0. The maximum absolute atomic E-state index is 6.03. The largest absolute Gasteiger partial charge is 0.476 e. The van der Waals surface area contributed by atoms with Gasteiger partial charge in [0.05, 0.1) is 12.3 Å². The van der Waals surface area contributed by atoms with E-state index in [4.69, 9.17) is 10.5 Å². The van der Waals surface area contributed by atoms with Crippen LogP contribution in [0.25, 0.3) is 0 Å². The Morgan fingerprint density at radius 1 is 1.50 bits per heavy atom. The van der Waals surface area contributed by atoms with Gasteiger partial charge in [-0.2, -0.15) is 5.10 Å². The van der Waals surface area contributed by atoms with Crippen molar-refractivity contribution >= 4 is 5.69 Å². The van der Waals surface area contributed by atoms with Crippen LogP contribution in [-0.2, 0) is 7.05 Å². The van der Waals surface area contributed by atoms with Gasteiger partial charge in [-0.05, 0) is 18.3 Å². The zero-order valence-corrected chi connectivity index (χ0v) is 10.4. The minimum absolute atomic E-state index is 0.340. The molecule has 1 saturated carbocycles. The quantitative estimate of drug-likeness (QED) is 0.833. The number of anilines is 1. The Balaban J connectivity index is 2.00. The van der Waals surface area contributed by atoms with E-state index in [0.717, 1.165) is 30.5 Å². The van der Waals surface area contributed by atoms with Crippen LogP contribution in [0.1, 0.15) is 44.7 Å². The molecule has 90 valence electrons. The summed E-state index contributed by atoms with van der Waals surface area (Å²) in [6, 6.07) is 0. The fourth-order valence-electron chi connectivity index (χ4n) is 1.87. The van der Waals surface area contributed by atoms with E-state index in [0.29, 0.717) is 11.6 Å². The molecule has 2 rings (SSSR count). The van der Waals surface area contributed by atoms with Gasteiger partial charge >= 0.3 is 0 Å². The molecule has 0 amide bonds. The van der Waals surface area contributed by atoms with Crippen molar-refractivity contribution in [2.45, 2.75) is 39.0 Å². The van der Waals surface area contributed by atoms with Gasteiger partial charge in [0.15, 0.2) is 0 Å². The molecule has 4 heteroatoms. The highest BCUT2D eigenvalue weighted by atomic mass is 16.5. The van der Waals surface area contributed by atoms with E-state index >= 15 is 0 Å². The molecule has 0 unspecified atom stereocenters. The second-order valence-electron chi connectivity index (χ2n) is 4.96. The lowest BCUT2D eigenvalue weighted by Crippen LogP contribution is -2.04. The summed E-state index contributed by atoms with van der Waals surface area (Å²) in [7, 11) is 1.88. The molecule has 0 atom stereocenters. The predicted molar refractivity (Wildman–Crippen MR) is 64.5 cm³/mol. The number of ether oxygens (including phenoxy) is 1. The van der Waals surface area contributed by atoms with Crippen LogP contribution < -0.4 is 10.5 Å². The second-order valence-corrected chi connectivity index (χ2v) is 4.96. The molecular formula is C12H21N3O. The van der Waals surface area contributed by atoms with Crippen LogP contribution in [0.2, 0.25) is 0 Å². The second kappa shape index (κ2) is 4.36. The number of rotatable bonds is 5. The molecule has 0 bridgehead atoms. The highest BCUT2D eigenvalue weighted by molar-refractivity contribution is 5.54. The molecule has 0 aliphatic heterocycles. The van der Waals surface area contributed by atoms with Gasteiger partial charge in [0.2, 0.25) is 5.88 Å². The number of aromatic nitrogens is 2. The molecular weight excluding hydrogens is 202 g/mol. The van der Waals surface area contributed by atoms with E-state index in [1.807, 2.05) is 7.05 Å². The van der Waals surface area contributed by atoms with Gasteiger partial charge < -0.3 is 10.5 Å². The maximum atomic E-state index is 6.03. The summed E-state index contributed by atoms with van der Waals surface area (Å²) >= 11 is 0. The first-order valence-corrected chi connectivity index (χ1v) is 6.04. The summed E-state index contributed by atoms with van der Waals surface area (Å²) in [5.74, 6) is 1.95. The van der Waals surface area contributed by atoms with E-state index < -0.39 is 0 Å². The molecule has 4 nitrogen and oxygen atoms in total. The number of nitrogen functional groups attached to an aromatic ring is 1. The summed E-state index contributed by atoms with van der Waals surface area (Å²) in [6.07, 6.45) is 3.87. The van der Waals surface area contributed by atoms with Crippen LogP contribution in [0.15, 0.2) is 0 Å². The average Bonchev–Trinajstić information content (AvgIpc) is 2.98. The maximum Gasteiger partial charge on any atom is 0.235 e. The molecule has 2 N–H and O–H groups in total. The normalized spacial score (nSPS) is 15.8. The van der Waals surface area contributed by atoms with Crippen LogP contribution >= 0.6 is 0 Å². The van der Waals surface area contributed by atoms with Crippen molar-refractivity contribution in [3.8, 4) is 5.88 Å². The Morgan fingerprint density at radius 3 is 2.69 bits per heavy atom. The van der Waals surface area contributed by atoms with Crippen LogP contribution in [0.3, 0.4) is 0 Å². The number of hydrogen-bond acceptors (Lipinski definition) is 3. The van der Waals surface area contributed by atoms with Crippen LogP contribution in [-0.4, -0.2) is 16.4 Å². The molecule has 0 saturated heterocycles. The van der Waals surface area contributed by atoms with Gasteiger partial charge in [-0.15, -0.1) is 0 Å². The number of aryl methyl sites for hydroxylation is 1. The zero-order chi connectivity index (χ0) is 11.7. The molecule has 0 radical (unpaired) electrons. The van der Waals surface area contributed by atoms with Gasteiger partial charge in [0, 0.05) is 7.05 Å². The third-order valence-corrected chi connectivity index (χ3v) is 3.07. The van der Waals surface area contributed by atoms with E-state index in [-0.39, 0.29) is 0 Å². The first-order chi connectivity index (χ1) is 7.59. The van der Waals surface area contributed by atoms with E-state index in [1.54, 1.807) is 4.68 Å². The lowest BCUT2D eigenvalue weighted by atomic mass is 10.1. The van der Waals surface area contributed by atoms with Crippen LogP contribution in [0.5, 0.6) is 5.88 Å². The van der Waals surface area contributed by atoms with Gasteiger partial charge in [-0.1, -0.05) is 26.7 Å². The number of hydrogen-bond donors (Lipinski definition) is 1. The van der Waals surface area contributed by atoms with Crippen molar-refractivity contribution in [3.63, 3.8) is 0 Å². The van der Waals surface area contributed by atoms with Crippen molar-refractivity contribution in [1.29, 1.82) is 0 Å². The van der Waals surface area contributed by atoms with Gasteiger partial charge in [-0.25, -0.2) is 4.68 Å². The first-order valence-electron chi connectivity index (χ1n) is 6.04. The van der Waals surface area contributed by atoms with E-state index in [9.17, 15) is 0 Å². The minimum Gasteiger partial charge on any atom is -0.476 e. The van der Waals surface area contributed by atoms with Gasteiger partial charge in [0.1, 0.15) is 5.69 Å². The lowest BCUT2D eigenvalue weighted by Gasteiger charge is -2.06. The van der Waals surface area contributed by atoms with Crippen molar-refractivity contribution in [3.05, 3.63) is 5.69 Å². The van der Waals surface area contributed by atoms with Crippen LogP contribution in [0, 0.1) is 5.92 Å². The highest BCUT2D eigenvalue weighted by Crippen LogP contribution is 2.33. The van der Waals surface area contributed by atoms with E-state index in [2.05, 4.69) is 18.9 Å². The molecule has 0 spiro atoms. The molecule has 1 aliphatic carbocycles. The Kier molecular flexibility index (Phi) is 3.08. The highest BCUT2D eigenvalue weighted by Gasteiger charge is 2.22. The third kappa shape index (κ3) is 2.31. The van der Waals surface area contributed by atoms with Crippen molar-refractivity contribution in [2.75, 3.05) is 12.3 Å². The van der Waals surface area contributed by atoms with Crippen LogP contribution in [0.4, 0.5) is 5.69 Å². The minimum atomic E-state index is 0.340. The third-order valence-electron chi connectivity index (χ3n) is 3.07. The standard InChI is InChI=1S/C12H21N3O/c1-8(2)11-10(13)12(15(3)14-11)16-7-6-9-4-5-9/h8-9H,4-7,13H2,1-3H3. The Labute approximate surface area is 96.8 Å². The summed E-state index contributed by atoms with van der Waals surface area (Å²) < 4.78 is 7.47. The summed E-state index contributed by atoms with van der Waals surface area (Å²) in [5, 5.41) is 4.39. The molecule has 16 heavy (non-hydrogen) atoms. The Hall–Kier alpha value is -1.19. The first kappa shape index (κ1) is 11.3. The number of nitrogens with two attached hydrogens (primary N) is 1. The van der Waals surface area contributed by atoms with E-state index in [1.165, 1.54) is 12.8 Å². The fourth-order valence-corrected chi connectivity index (χ4v) is 1.87. The van der Waals surface area contributed by atoms with Gasteiger partial charge in [-0.3, -0.25) is 0 Å². The molecule has 1 aromatic rings. The smallest absolute Gasteiger partial charge is 0.235 e. The fraction of sp³-hybridized carbons (Fsp3) is 0.750. The molecule has 1 fully saturated rings. The van der Waals surface area contributed by atoms with Crippen molar-refractivity contribution in [2.24, 2.45) is 13.0 Å². The monoisotopic (exact) mass is 223 g/mol. The average molecular weight is 223 g/mol. The molecule has 1 aliphatic rings. The number of nitrogens with zero attached hydrogens (tertiary/aromatic N) is 2. The molecule has 1 aromatic heterocycles.